The maximum atomic E-state index is 9.24. The Bertz CT molecular complexity index is 1570. The summed E-state index contributed by atoms with van der Waals surface area (Å²) in [6.45, 7) is 1.29. The molecule has 2 fully saturated rings. The number of benzene rings is 3. The summed E-state index contributed by atoms with van der Waals surface area (Å²) in [6.07, 6.45) is 3.95. The number of hydrogen-bond acceptors (Lipinski definition) is 3. The lowest BCUT2D eigenvalue weighted by Crippen LogP contribution is -2.06. The number of nitriles is 1. The molecule has 1 unspecified atom stereocenters. The first-order chi connectivity index (χ1) is 17.2. The van der Waals surface area contributed by atoms with Crippen molar-refractivity contribution >= 4 is 28.2 Å². The normalized spacial score (nSPS) is 20.5. The Morgan fingerprint density at radius 3 is 2.80 bits per heavy atom. The SMILES string of the molecule is N#CCC1CC1=C1c2ccc(Cn3c(C4CC4)nc4c(Cl)cccc43)cc2COc2ccccc21. The number of imidazole rings is 1. The minimum Gasteiger partial charge on any atom is -0.488 e. The molecule has 0 spiro atoms. The van der Waals surface area contributed by atoms with E-state index in [2.05, 4.69) is 47.0 Å². The van der Waals surface area contributed by atoms with Crippen LogP contribution in [0.15, 0.2) is 66.2 Å². The van der Waals surface area contributed by atoms with Gasteiger partial charge in [-0.25, -0.2) is 4.98 Å². The Kier molecular flexibility index (Phi) is 4.75. The van der Waals surface area contributed by atoms with Crippen LogP contribution in [0.2, 0.25) is 5.02 Å². The van der Waals surface area contributed by atoms with Gasteiger partial charge in [0.15, 0.2) is 0 Å². The van der Waals surface area contributed by atoms with Gasteiger partial charge in [-0.2, -0.15) is 5.26 Å². The van der Waals surface area contributed by atoms with Crippen molar-refractivity contribution in [1.29, 1.82) is 5.26 Å². The van der Waals surface area contributed by atoms with E-state index in [1.165, 1.54) is 40.7 Å². The summed E-state index contributed by atoms with van der Waals surface area (Å²) in [4.78, 5) is 4.94. The van der Waals surface area contributed by atoms with Crippen LogP contribution in [0.1, 0.15) is 59.7 Å². The molecule has 1 atom stereocenters. The molecule has 1 aromatic heterocycles. The minimum atomic E-state index is 0.358. The van der Waals surface area contributed by atoms with Gasteiger partial charge in [-0.1, -0.05) is 53.6 Å². The molecule has 35 heavy (non-hydrogen) atoms. The fraction of sp³-hybridized carbons (Fsp3) is 0.267. The number of fused-ring (bicyclic) bond motifs is 3. The van der Waals surface area contributed by atoms with E-state index < -0.39 is 0 Å². The predicted octanol–water partition coefficient (Wildman–Crippen LogP) is 7.24. The summed E-state index contributed by atoms with van der Waals surface area (Å²) in [6, 6.07) is 23.5. The van der Waals surface area contributed by atoms with Gasteiger partial charge < -0.3 is 9.30 Å². The minimum absolute atomic E-state index is 0.358. The topological polar surface area (TPSA) is 50.8 Å². The third kappa shape index (κ3) is 3.54. The van der Waals surface area contributed by atoms with E-state index >= 15 is 0 Å². The van der Waals surface area contributed by atoms with Crippen LogP contribution in [0.25, 0.3) is 16.6 Å². The van der Waals surface area contributed by atoms with Crippen molar-refractivity contribution in [1.82, 2.24) is 9.55 Å². The van der Waals surface area contributed by atoms with Crippen molar-refractivity contribution < 1.29 is 4.74 Å². The van der Waals surface area contributed by atoms with Crippen LogP contribution < -0.4 is 4.74 Å². The molecule has 1 aliphatic heterocycles. The van der Waals surface area contributed by atoms with Gasteiger partial charge in [0.1, 0.15) is 23.7 Å². The first-order valence-corrected chi connectivity index (χ1v) is 12.7. The highest BCUT2D eigenvalue weighted by Crippen LogP contribution is 2.51. The van der Waals surface area contributed by atoms with Gasteiger partial charge in [0, 0.05) is 24.4 Å². The molecular formula is C30H24ClN3O. The van der Waals surface area contributed by atoms with Crippen LogP contribution in [-0.4, -0.2) is 9.55 Å². The third-order valence-electron chi connectivity index (χ3n) is 7.48. The predicted molar refractivity (Wildman–Crippen MR) is 137 cm³/mol. The van der Waals surface area contributed by atoms with Crippen molar-refractivity contribution in [3.05, 3.63) is 99.3 Å². The highest BCUT2D eigenvalue weighted by Gasteiger charge is 2.36. The molecule has 5 heteroatoms. The van der Waals surface area contributed by atoms with Gasteiger partial charge in [-0.05, 0) is 71.7 Å². The summed E-state index contributed by atoms with van der Waals surface area (Å²) in [5, 5.41) is 9.95. The molecule has 172 valence electrons. The summed E-state index contributed by atoms with van der Waals surface area (Å²) in [5.41, 5.74) is 9.43. The van der Waals surface area contributed by atoms with Crippen LogP contribution in [0.3, 0.4) is 0 Å². The average molecular weight is 478 g/mol. The van der Waals surface area contributed by atoms with Crippen LogP contribution in [0.4, 0.5) is 0 Å². The number of rotatable bonds is 4. The molecule has 3 aliphatic rings. The molecule has 2 aliphatic carbocycles. The van der Waals surface area contributed by atoms with Crippen molar-refractivity contribution in [3.63, 3.8) is 0 Å². The summed E-state index contributed by atoms with van der Waals surface area (Å²) >= 11 is 6.50. The second kappa shape index (κ2) is 8.00. The lowest BCUT2D eigenvalue weighted by atomic mass is 9.91. The lowest BCUT2D eigenvalue weighted by molar-refractivity contribution is 0.307. The van der Waals surface area contributed by atoms with Crippen molar-refractivity contribution in [2.24, 2.45) is 5.92 Å². The highest BCUT2D eigenvalue weighted by molar-refractivity contribution is 6.34. The average Bonchev–Trinajstić information content (AvgIpc) is 3.79. The summed E-state index contributed by atoms with van der Waals surface area (Å²) in [7, 11) is 0. The molecule has 4 nitrogen and oxygen atoms in total. The first-order valence-electron chi connectivity index (χ1n) is 12.3. The molecule has 0 saturated heterocycles. The zero-order valence-electron chi connectivity index (χ0n) is 19.3. The van der Waals surface area contributed by atoms with E-state index in [1.807, 2.05) is 24.3 Å². The van der Waals surface area contributed by atoms with E-state index in [9.17, 15) is 5.26 Å². The zero-order chi connectivity index (χ0) is 23.5. The number of para-hydroxylation sites is 2. The molecule has 0 N–H and O–H groups in total. The molecule has 4 aromatic rings. The Labute approximate surface area is 209 Å². The van der Waals surface area contributed by atoms with Crippen LogP contribution in [0, 0.1) is 17.2 Å². The van der Waals surface area contributed by atoms with Gasteiger partial charge in [-0.15, -0.1) is 0 Å². The summed E-state index contributed by atoms with van der Waals surface area (Å²) < 4.78 is 8.63. The number of hydrogen-bond donors (Lipinski definition) is 0. The number of ether oxygens (including phenoxy) is 1. The van der Waals surface area contributed by atoms with Crippen molar-refractivity contribution in [2.75, 3.05) is 0 Å². The Balaban J connectivity index is 1.32. The van der Waals surface area contributed by atoms with Crippen LogP contribution in [0.5, 0.6) is 5.75 Å². The van der Waals surface area contributed by atoms with Crippen molar-refractivity contribution in [3.8, 4) is 11.8 Å². The molecule has 2 saturated carbocycles. The van der Waals surface area contributed by atoms with Gasteiger partial charge >= 0.3 is 0 Å². The second-order valence-electron chi connectivity index (χ2n) is 9.88. The van der Waals surface area contributed by atoms with E-state index in [0.717, 1.165) is 41.1 Å². The number of aromatic nitrogens is 2. The second-order valence-corrected chi connectivity index (χ2v) is 10.3. The van der Waals surface area contributed by atoms with Gasteiger partial charge in [0.05, 0.1) is 16.6 Å². The Morgan fingerprint density at radius 1 is 1.06 bits per heavy atom. The third-order valence-corrected chi connectivity index (χ3v) is 7.78. The summed E-state index contributed by atoms with van der Waals surface area (Å²) in [5.74, 6) is 2.95. The van der Waals surface area contributed by atoms with E-state index in [0.29, 0.717) is 29.9 Å². The standard InChI is InChI=1S/C30H24ClN3O/c31-25-5-3-6-26-29(25)33-30(19-9-10-19)34(26)16-18-8-11-22-21(14-18)17-35-27-7-2-1-4-23(27)28(22)24-15-20(24)12-13-32/h1-8,11,14,19-20H,9-10,12,15-17H2. The number of halogens is 1. The number of allylic oxidation sites excluding steroid dienone is 1. The maximum Gasteiger partial charge on any atom is 0.127 e. The molecular weight excluding hydrogens is 454 g/mol. The Morgan fingerprint density at radius 2 is 1.94 bits per heavy atom. The molecule has 2 heterocycles. The van der Waals surface area contributed by atoms with E-state index in [-0.39, 0.29) is 0 Å². The monoisotopic (exact) mass is 477 g/mol. The molecule has 0 bridgehead atoms. The van der Waals surface area contributed by atoms with Crippen LogP contribution >= 0.6 is 11.6 Å². The zero-order valence-corrected chi connectivity index (χ0v) is 20.1. The molecule has 7 rings (SSSR count). The van der Waals surface area contributed by atoms with E-state index in [4.69, 9.17) is 21.3 Å². The van der Waals surface area contributed by atoms with Gasteiger partial charge in [0.2, 0.25) is 0 Å². The van der Waals surface area contributed by atoms with Gasteiger partial charge in [-0.3, -0.25) is 0 Å². The lowest BCUT2D eigenvalue weighted by Gasteiger charge is -2.14. The molecule has 0 radical (unpaired) electrons. The smallest absolute Gasteiger partial charge is 0.127 e. The fourth-order valence-electron chi connectivity index (χ4n) is 5.51. The first kappa shape index (κ1) is 20.8. The molecule has 3 aromatic carbocycles. The van der Waals surface area contributed by atoms with Crippen LogP contribution in [-0.2, 0) is 13.2 Å². The van der Waals surface area contributed by atoms with Gasteiger partial charge in [0.25, 0.3) is 0 Å². The highest BCUT2D eigenvalue weighted by atomic mass is 35.5. The number of nitrogens with zero attached hydrogens (tertiary/aromatic N) is 3. The molecule has 0 amide bonds. The maximum absolute atomic E-state index is 9.24. The van der Waals surface area contributed by atoms with Crippen molar-refractivity contribution in [2.45, 2.75) is 44.8 Å². The quantitative estimate of drug-likeness (QED) is 0.311. The largest absolute Gasteiger partial charge is 0.488 e. The Hall–Kier alpha value is -3.55. The fourth-order valence-corrected chi connectivity index (χ4v) is 5.72. The van der Waals surface area contributed by atoms with E-state index in [1.54, 1.807) is 0 Å².